The number of aromatic hydroxyl groups is 1. The molecule has 2 bridgehead atoms. The predicted octanol–water partition coefficient (Wildman–Crippen LogP) is 1.81. The first kappa shape index (κ1) is 11.8. The Morgan fingerprint density at radius 1 is 1.44 bits per heavy atom. The second-order valence-electron chi connectivity index (χ2n) is 5.10. The van der Waals surface area contributed by atoms with Gasteiger partial charge in [0, 0.05) is 12.6 Å². The number of phenols is 1. The lowest BCUT2D eigenvalue weighted by atomic mass is 9.95. The van der Waals surface area contributed by atoms with Gasteiger partial charge in [0.15, 0.2) is 11.5 Å². The van der Waals surface area contributed by atoms with Crippen molar-refractivity contribution in [1.82, 2.24) is 5.32 Å². The summed E-state index contributed by atoms with van der Waals surface area (Å²) in [6.07, 6.45) is 4.40. The predicted molar refractivity (Wildman–Crippen MR) is 67.8 cm³/mol. The van der Waals surface area contributed by atoms with Gasteiger partial charge in [0.1, 0.15) is 0 Å². The molecule has 4 nitrogen and oxygen atoms in total. The van der Waals surface area contributed by atoms with Gasteiger partial charge in [-0.05, 0) is 37.0 Å². The van der Waals surface area contributed by atoms with Gasteiger partial charge in [0.25, 0.3) is 0 Å². The molecule has 0 amide bonds. The van der Waals surface area contributed by atoms with Crippen molar-refractivity contribution in [3.05, 3.63) is 23.8 Å². The Morgan fingerprint density at radius 3 is 3.00 bits per heavy atom. The third-order valence-corrected chi connectivity index (χ3v) is 3.92. The maximum Gasteiger partial charge on any atom is 0.160 e. The van der Waals surface area contributed by atoms with E-state index in [0.717, 1.165) is 18.5 Å². The van der Waals surface area contributed by atoms with Crippen molar-refractivity contribution in [3.63, 3.8) is 0 Å². The number of nitrogens with one attached hydrogen (secondary N) is 1. The van der Waals surface area contributed by atoms with Crippen LogP contribution in [0.3, 0.4) is 0 Å². The molecule has 1 aromatic rings. The molecule has 2 aliphatic rings. The minimum Gasteiger partial charge on any atom is -0.504 e. The second kappa shape index (κ2) is 4.78. The summed E-state index contributed by atoms with van der Waals surface area (Å²) in [5.74, 6) is 0.711. The van der Waals surface area contributed by atoms with Gasteiger partial charge in [-0.25, -0.2) is 0 Å². The molecule has 3 rings (SSSR count). The summed E-state index contributed by atoms with van der Waals surface area (Å²) in [5, 5.41) is 13.1. The van der Waals surface area contributed by atoms with Crippen molar-refractivity contribution in [2.24, 2.45) is 0 Å². The van der Waals surface area contributed by atoms with Crippen molar-refractivity contribution >= 4 is 0 Å². The summed E-state index contributed by atoms with van der Waals surface area (Å²) in [6.45, 7) is 0.786. The zero-order chi connectivity index (χ0) is 12.5. The van der Waals surface area contributed by atoms with Crippen LogP contribution in [0, 0.1) is 0 Å². The van der Waals surface area contributed by atoms with Crippen LogP contribution in [-0.4, -0.2) is 30.5 Å². The highest BCUT2D eigenvalue weighted by Gasteiger charge is 2.40. The Labute approximate surface area is 107 Å². The molecule has 0 aliphatic carbocycles. The molecular formula is C14H19NO3. The van der Waals surface area contributed by atoms with Crippen LogP contribution >= 0.6 is 0 Å². The first-order valence-corrected chi connectivity index (χ1v) is 6.51. The van der Waals surface area contributed by atoms with Crippen LogP contribution in [0.1, 0.15) is 24.8 Å². The van der Waals surface area contributed by atoms with E-state index in [2.05, 4.69) is 5.32 Å². The van der Waals surface area contributed by atoms with Crippen molar-refractivity contribution in [3.8, 4) is 11.5 Å². The van der Waals surface area contributed by atoms with Crippen LogP contribution in [-0.2, 0) is 11.3 Å². The Kier molecular flexibility index (Phi) is 3.14. The zero-order valence-corrected chi connectivity index (χ0v) is 10.6. The van der Waals surface area contributed by atoms with Crippen molar-refractivity contribution in [2.45, 2.75) is 44.1 Å². The molecule has 0 aromatic heterocycles. The lowest BCUT2D eigenvalue weighted by molar-refractivity contribution is 0.0973. The maximum atomic E-state index is 9.54. The highest BCUT2D eigenvalue weighted by molar-refractivity contribution is 5.41. The molecule has 2 N–H and O–H groups in total. The Bertz CT molecular complexity index is 435. The number of hydrogen-bond donors (Lipinski definition) is 2. The fourth-order valence-corrected chi connectivity index (χ4v) is 2.93. The van der Waals surface area contributed by atoms with Crippen molar-refractivity contribution in [1.29, 1.82) is 0 Å². The smallest absolute Gasteiger partial charge is 0.160 e. The van der Waals surface area contributed by atoms with Crippen molar-refractivity contribution < 1.29 is 14.6 Å². The summed E-state index contributed by atoms with van der Waals surface area (Å²) in [7, 11) is 1.57. The average Bonchev–Trinajstić information content (AvgIpc) is 3.00. The summed E-state index contributed by atoms with van der Waals surface area (Å²) in [6, 6.07) is 5.94. The molecule has 0 radical (unpaired) electrons. The van der Waals surface area contributed by atoms with E-state index < -0.39 is 0 Å². The minimum absolute atomic E-state index is 0.185. The Hall–Kier alpha value is -1.26. The third kappa shape index (κ3) is 2.18. The Morgan fingerprint density at radius 2 is 2.33 bits per heavy atom. The Balaban J connectivity index is 1.60. The van der Waals surface area contributed by atoms with Gasteiger partial charge < -0.3 is 19.9 Å². The van der Waals surface area contributed by atoms with E-state index in [4.69, 9.17) is 9.47 Å². The number of benzene rings is 1. The number of rotatable bonds is 4. The van der Waals surface area contributed by atoms with Crippen LogP contribution in [0.4, 0.5) is 0 Å². The molecule has 1 aromatic carbocycles. The molecule has 3 atom stereocenters. The number of hydrogen-bond acceptors (Lipinski definition) is 4. The number of methoxy groups -OCH3 is 1. The van der Waals surface area contributed by atoms with Gasteiger partial charge in [0.05, 0.1) is 19.3 Å². The van der Waals surface area contributed by atoms with Gasteiger partial charge >= 0.3 is 0 Å². The third-order valence-electron chi connectivity index (χ3n) is 3.92. The average molecular weight is 249 g/mol. The summed E-state index contributed by atoms with van der Waals surface area (Å²) in [5.41, 5.74) is 1.12. The molecule has 2 aliphatic heterocycles. The number of phenolic OH excluding ortho intramolecular Hbond substituents is 1. The topological polar surface area (TPSA) is 50.7 Å². The van der Waals surface area contributed by atoms with Gasteiger partial charge in [-0.3, -0.25) is 0 Å². The molecule has 98 valence electrons. The number of ether oxygens (including phenoxy) is 2. The van der Waals surface area contributed by atoms with Crippen molar-refractivity contribution in [2.75, 3.05) is 7.11 Å². The van der Waals surface area contributed by atoms with Gasteiger partial charge in [-0.15, -0.1) is 0 Å². The van der Waals surface area contributed by atoms with Gasteiger partial charge in [0.2, 0.25) is 0 Å². The largest absolute Gasteiger partial charge is 0.504 e. The molecule has 2 saturated heterocycles. The zero-order valence-electron chi connectivity index (χ0n) is 10.6. The lowest BCUT2D eigenvalue weighted by Gasteiger charge is -2.20. The van der Waals surface area contributed by atoms with E-state index in [1.54, 1.807) is 13.2 Å². The first-order valence-electron chi connectivity index (χ1n) is 6.51. The SMILES string of the molecule is COc1cc(CNC2CC3CCC2O3)ccc1O. The van der Waals surface area contributed by atoms with Crippen LogP contribution in [0.25, 0.3) is 0 Å². The minimum atomic E-state index is 0.185. The van der Waals surface area contributed by atoms with E-state index in [1.807, 2.05) is 12.1 Å². The standard InChI is InChI=1S/C14H19NO3/c1-17-14-6-9(2-4-12(14)16)8-15-11-7-10-3-5-13(11)18-10/h2,4,6,10-11,13,15-16H,3,5,7-8H2,1H3. The molecule has 0 spiro atoms. The summed E-state index contributed by atoms with van der Waals surface area (Å²) < 4.78 is 10.9. The number of fused-ring (bicyclic) bond motifs is 2. The van der Waals surface area contributed by atoms with Crippen LogP contribution in [0.2, 0.25) is 0 Å². The molecule has 4 heteroatoms. The van der Waals surface area contributed by atoms with E-state index in [9.17, 15) is 5.11 Å². The monoisotopic (exact) mass is 249 g/mol. The van der Waals surface area contributed by atoms with Gasteiger partial charge in [-0.2, -0.15) is 0 Å². The van der Waals surface area contributed by atoms with E-state index in [0.29, 0.717) is 24.0 Å². The molecule has 2 heterocycles. The van der Waals surface area contributed by atoms with Gasteiger partial charge in [-0.1, -0.05) is 6.07 Å². The quantitative estimate of drug-likeness (QED) is 0.854. The van der Waals surface area contributed by atoms with Crippen LogP contribution in [0.5, 0.6) is 11.5 Å². The highest BCUT2D eigenvalue weighted by Crippen LogP contribution is 2.34. The van der Waals surface area contributed by atoms with Crippen LogP contribution < -0.4 is 10.1 Å². The summed E-state index contributed by atoms with van der Waals surface area (Å²) in [4.78, 5) is 0. The molecule has 18 heavy (non-hydrogen) atoms. The molecular weight excluding hydrogens is 230 g/mol. The lowest BCUT2D eigenvalue weighted by Crippen LogP contribution is -2.36. The first-order chi connectivity index (χ1) is 8.76. The molecule has 2 fully saturated rings. The fourth-order valence-electron chi connectivity index (χ4n) is 2.93. The van der Waals surface area contributed by atoms with E-state index >= 15 is 0 Å². The van der Waals surface area contributed by atoms with E-state index in [1.165, 1.54) is 12.8 Å². The normalized spacial score (nSPS) is 29.7. The highest BCUT2D eigenvalue weighted by atomic mass is 16.5. The summed E-state index contributed by atoms with van der Waals surface area (Å²) >= 11 is 0. The fraction of sp³-hybridized carbons (Fsp3) is 0.571. The molecule has 0 saturated carbocycles. The van der Waals surface area contributed by atoms with E-state index in [-0.39, 0.29) is 5.75 Å². The molecule has 3 unspecified atom stereocenters. The second-order valence-corrected chi connectivity index (χ2v) is 5.10. The maximum absolute atomic E-state index is 9.54. The van der Waals surface area contributed by atoms with Crippen LogP contribution in [0.15, 0.2) is 18.2 Å².